The Labute approximate surface area is 165 Å². The molecule has 2 aromatic rings. The number of carbonyl (C=O) groups excluding carboxylic acids is 2. The van der Waals surface area contributed by atoms with Gasteiger partial charge in [0.25, 0.3) is 0 Å². The van der Waals surface area contributed by atoms with Gasteiger partial charge in [0, 0.05) is 6.54 Å². The Balaban J connectivity index is 1.66. The molecule has 9 heteroatoms. The van der Waals surface area contributed by atoms with Gasteiger partial charge in [-0.2, -0.15) is 0 Å². The van der Waals surface area contributed by atoms with Crippen LogP contribution < -0.4 is 11.1 Å². The maximum absolute atomic E-state index is 11.9. The number of rotatable bonds is 10. The van der Waals surface area contributed by atoms with Crippen LogP contribution in [0.5, 0.6) is 0 Å². The zero-order valence-electron chi connectivity index (χ0n) is 14.7. The van der Waals surface area contributed by atoms with Crippen molar-refractivity contribution in [3.05, 3.63) is 35.4 Å². The first-order valence-electron chi connectivity index (χ1n) is 8.17. The second-order valence-electron chi connectivity index (χ2n) is 5.87. The minimum atomic E-state index is -0.391. The van der Waals surface area contributed by atoms with E-state index in [4.69, 9.17) is 5.73 Å². The molecule has 0 atom stereocenters. The zero-order valence-corrected chi connectivity index (χ0v) is 17.2. The summed E-state index contributed by atoms with van der Waals surface area (Å²) < 4.78 is 1.38. The van der Waals surface area contributed by atoms with Crippen LogP contribution in [0, 0.1) is 0 Å². The van der Waals surface area contributed by atoms with E-state index in [1.807, 2.05) is 0 Å². The molecular weight excluding hydrogens is 388 g/mol. The molecule has 0 saturated carbocycles. The lowest BCUT2D eigenvalue weighted by molar-refractivity contribution is -0.118. The van der Waals surface area contributed by atoms with Crippen molar-refractivity contribution in [3.8, 4) is 0 Å². The smallest absolute Gasteiger partial charge is 0.230 e. The Hall–Kier alpha value is -1.58. The van der Waals surface area contributed by atoms with E-state index >= 15 is 0 Å². The molecule has 0 spiro atoms. The van der Waals surface area contributed by atoms with Gasteiger partial charge in [-0.05, 0) is 23.5 Å². The fourth-order valence-electron chi connectivity index (χ4n) is 2.04. The summed E-state index contributed by atoms with van der Waals surface area (Å²) in [6, 6.07) is 8.51. The number of nitrogens with zero attached hydrogens (tertiary/aromatic N) is 2. The molecule has 0 aliphatic carbocycles. The van der Waals surface area contributed by atoms with Crippen LogP contribution in [-0.2, 0) is 16.0 Å². The zero-order chi connectivity index (χ0) is 18.9. The molecule has 1 aromatic carbocycles. The van der Waals surface area contributed by atoms with Crippen molar-refractivity contribution in [2.24, 2.45) is 5.73 Å². The van der Waals surface area contributed by atoms with Gasteiger partial charge in [-0.1, -0.05) is 73.0 Å². The van der Waals surface area contributed by atoms with E-state index < -0.39 is 5.91 Å². The van der Waals surface area contributed by atoms with Crippen molar-refractivity contribution in [3.63, 3.8) is 0 Å². The van der Waals surface area contributed by atoms with Crippen molar-refractivity contribution in [1.82, 2.24) is 15.5 Å². The van der Waals surface area contributed by atoms with E-state index in [0.29, 0.717) is 26.9 Å². The summed E-state index contributed by atoms with van der Waals surface area (Å²) in [4.78, 5) is 22.7. The van der Waals surface area contributed by atoms with Crippen molar-refractivity contribution < 1.29 is 9.59 Å². The van der Waals surface area contributed by atoms with Crippen molar-refractivity contribution in [2.45, 2.75) is 34.9 Å². The number of primary amides is 1. The number of nitrogens with two attached hydrogens (primary N) is 1. The van der Waals surface area contributed by atoms with E-state index in [1.165, 1.54) is 46.0 Å². The molecule has 0 aliphatic heterocycles. The van der Waals surface area contributed by atoms with Crippen LogP contribution in [0.2, 0.25) is 0 Å². The topological polar surface area (TPSA) is 98.0 Å². The molecule has 0 saturated heterocycles. The molecule has 3 N–H and O–H groups in total. The maximum atomic E-state index is 11.9. The van der Waals surface area contributed by atoms with Gasteiger partial charge < -0.3 is 11.1 Å². The molecule has 0 fully saturated rings. The third-order valence-corrected chi connectivity index (χ3v) is 6.65. The van der Waals surface area contributed by atoms with Gasteiger partial charge in [-0.25, -0.2) is 0 Å². The summed E-state index contributed by atoms with van der Waals surface area (Å²) >= 11 is 3.95. The van der Waals surface area contributed by atoms with E-state index in [-0.39, 0.29) is 11.7 Å². The minimum absolute atomic E-state index is 0.0321. The van der Waals surface area contributed by atoms with Crippen LogP contribution in [0.3, 0.4) is 0 Å². The molecule has 26 heavy (non-hydrogen) atoms. The lowest BCUT2D eigenvalue weighted by Gasteiger charge is -2.07. The van der Waals surface area contributed by atoms with Gasteiger partial charge in [0.15, 0.2) is 8.68 Å². The van der Waals surface area contributed by atoms with E-state index in [0.717, 1.165) is 6.42 Å². The largest absolute Gasteiger partial charge is 0.369 e. The molecule has 1 heterocycles. The first-order chi connectivity index (χ1) is 12.4. The number of thioether (sulfide) groups is 2. The minimum Gasteiger partial charge on any atom is -0.369 e. The van der Waals surface area contributed by atoms with Crippen LogP contribution >= 0.6 is 34.9 Å². The highest BCUT2D eigenvalue weighted by Gasteiger charge is 2.09. The van der Waals surface area contributed by atoms with Crippen LogP contribution in [-0.4, -0.2) is 40.1 Å². The summed E-state index contributed by atoms with van der Waals surface area (Å²) in [5, 5.41) is 10.9. The number of nitrogens with one attached hydrogen (secondary N) is 1. The highest BCUT2D eigenvalue weighted by atomic mass is 32.2. The van der Waals surface area contributed by atoms with Crippen molar-refractivity contribution in [2.75, 3.05) is 18.1 Å². The SMILES string of the molecule is CC(C)c1ccc(CCNC(=O)CSc2nnc(SCC(N)=O)s2)cc1. The van der Waals surface area contributed by atoms with Crippen LogP contribution in [0.1, 0.15) is 30.9 Å². The highest BCUT2D eigenvalue weighted by Crippen LogP contribution is 2.28. The quantitative estimate of drug-likeness (QED) is 0.585. The monoisotopic (exact) mass is 410 g/mol. The summed E-state index contributed by atoms with van der Waals surface area (Å²) in [6.45, 7) is 4.95. The Kier molecular flexibility index (Phi) is 8.40. The number of amides is 2. The number of carbonyl (C=O) groups is 2. The predicted octanol–water partition coefficient (Wildman–Crippen LogP) is 2.69. The lowest BCUT2D eigenvalue weighted by atomic mass is 10.0. The van der Waals surface area contributed by atoms with Gasteiger partial charge in [-0.3, -0.25) is 9.59 Å². The van der Waals surface area contributed by atoms with Gasteiger partial charge in [0.2, 0.25) is 11.8 Å². The van der Waals surface area contributed by atoms with Gasteiger partial charge in [0.05, 0.1) is 11.5 Å². The van der Waals surface area contributed by atoms with Gasteiger partial charge in [-0.15, -0.1) is 10.2 Å². The number of benzene rings is 1. The normalized spacial score (nSPS) is 10.9. The van der Waals surface area contributed by atoms with E-state index in [2.05, 4.69) is 53.6 Å². The van der Waals surface area contributed by atoms with Crippen LogP contribution in [0.4, 0.5) is 0 Å². The molecule has 2 rings (SSSR count). The first kappa shape index (κ1) is 20.7. The fourth-order valence-corrected chi connectivity index (χ4v) is 4.63. The molecule has 1 aromatic heterocycles. The maximum Gasteiger partial charge on any atom is 0.230 e. The third-order valence-electron chi connectivity index (χ3n) is 3.43. The predicted molar refractivity (Wildman–Crippen MR) is 108 cm³/mol. The molecule has 0 unspecified atom stereocenters. The van der Waals surface area contributed by atoms with Crippen LogP contribution in [0.15, 0.2) is 32.9 Å². The van der Waals surface area contributed by atoms with E-state index in [9.17, 15) is 9.59 Å². The second kappa shape index (κ2) is 10.5. The van der Waals surface area contributed by atoms with Crippen LogP contribution in [0.25, 0.3) is 0 Å². The Morgan fingerprint density at radius 3 is 2.31 bits per heavy atom. The Bertz CT molecular complexity index is 732. The Morgan fingerprint density at radius 2 is 1.73 bits per heavy atom. The third kappa shape index (κ3) is 7.35. The highest BCUT2D eigenvalue weighted by molar-refractivity contribution is 8.03. The van der Waals surface area contributed by atoms with E-state index in [1.54, 1.807) is 0 Å². The second-order valence-corrected chi connectivity index (χ2v) is 9.30. The first-order valence-corrected chi connectivity index (χ1v) is 11.0. The molecule has 0 bridgehead atoms. The Morgan fingerprint density at radius 1 is 1.12 bits per heavy atom. The van der Waals surface area contributed by atoms with Gasteiger partial charge >= 0.3 is 0 Å². The number of hydrogen-bond donors (Lipinski definition) is 2. The number of hydrogen-bond acceptors (Lipinski definition) is 7. The van der Waals surface area contributed by atoms with Crippen molar-refractivity contribution >= 4 is 46.7 Å². The summed E-state index contributed by atoms with van der Waals surface area (Å²) in [5.41, 5.74) is 7.62. The molecule has 0 aliphatic rings. The summed E-state index contributed by atoms with van der Waals surface area (Å²) in [7, 11) is 0. The van der Waals surface area contributed by atoms with Crippen molar-refractivity contribution in [1.29, 1.82) is 0 Å². The molecular formula is C17H22N4O2S3. The fraction of sp³-hybridized carbons (Fsp3) is 0.412. The number of aromatic nitrogens is 2. The summed E-state index contributed by atoms with van der Waals surface area (Å²) in [6.07, 6.45) is 0.807. The van der Waals surface area contributed by atoms with Gasteiger partial charge in [0.1, 0.15) is 0 Å². The molecule has 2 amide bonds. The molecule has 140 valence electrons. The molecule has 0 radical (unpaired) electrons. The average Bonchev–Trinajstić information content (AvgIpc) is 3.06. The standard InChI is InChI=1S/C17H22N4O2S3/c1-11(2)13-5-3-12(4-6-13)7-8-19-15(23)10-25-17-21-20-16(26-17)24-9-14(18)22/h3-6,11H,7-10H2,1-2H3,(H2,18,22)(H,19,23). The molecule has 6 nitrogen and oxygen atoms in total. The average molecular weight is 411 g/mol. The lowest BCUT2D eigenvalue weighted by Crippen LogP contribution is -2.27. The summed E-state index contributed by atoms with van der Waals surface area (Å²) in [5.74, 6) is 0.572.